The van der Waals surface area contributed by atoms with E-state index in [1.165, 1.54) is 11.3 Å². The molecule has 0 aliphatic heterocycles. The first-order valence-corrected chi connectivity index (χ1v) is 5.71. The van der Waals surface area contributed by atoms with Crippen LogP contribution < -0.4 is 5.32 Å². The molecule has 90 valence electrons. The molecule has 4 nitrogen and oxygen atoms in total. The molecule has 0 radical (unpaired) electrons. The molecule has 0 aliphatic carbocycles. The van der Waals surface area contributed by atoms with Gasteiger partial charge >= 0.3 is 0 Å². The molecular formula is C13H18N4. The van der Waals surface area contributed by atoms with Gasteiger partial charge in [-0.1, -0.05) is 6.07 Å². The number of pyridine rings is 1. The van der Waals surface area contributed by atoms with Gasteiger partial charge in [0.1, 0.15) is 0 Å². The molecule has 0 aromatic carbocycles. The molecule has 17 heavy (non-hydrogen) atoms. The molecule has 1 N–H and O–H groups in total. The molecule has 2 heterocycles. The van der Waals surface area contributed by atoms with Gasteiger partial charge in [-0.15, -0.1) is 0 Å². The quantitative estimate of drug-likeness (QED) is 0.873. The second-order valence-corrected chi connectivity index (χ2v) is 4.26. The van der Waals surface area contributed by atoms with Crippen LogP contribution in [0.2, 0.25) is 0 Å². The molecule has 2 aromatic heterocycles. The largest absolute Gasteiger partial charge is 0.309 e. The van der Waals surface area contributed by atoms with E-state index in [1.807, 2.05) is 44.2 Å². The van der Waals surface area contributed by atoms with E-state index < -0.39 is 0 Å². The van der Waals surface area contributed by atoms with Gasteiger partial charge in [0.05, 0.1) is 12.2 Å². The van der Waals surface area contributed by atoms with Crippen molar-refractivity contribution in [3.05, 3.63) is 47.0 Å². The lowest BCUT2D eigenvalue weighted by Crippen LogP contribution is -2.18. The van der Waals surface area contributed by atoms with Crippen LogP contribution in [0.1, 0.15) is 28.6 Å². The van der Waals surface area contributed by atoms with Gasteiger partial charge in [-0.05, 0) is 32.5 Å². The number of aryl methyl sites for hydroxylation is 2. The van der Waals surface area contributed by atoms with Gasteiger partial charge in [0.25, 0.3) is 0 Å². The Morgan fingerprint density at radius 1 is 1.24 bits per heavy atom. The van der Waals surface area contributed by atoms with Crippen molar-refractivity contribution >= 4 is 0 Å². The lowest BCUT2D eigenvalue weighted by molar-refractivity contribution is 0.676. The van der Waals surface area contributed by atoms with E-state index in [0.29, 0.717) is 0 Å². The number of rotatable bonds is 3. The smallest absolute Gasteiger partial charge is 0.0623 e. The Hall–Kier alpha value is -1.68. The molecule has 0 saturated heterocycles. The topological polar surface area (TPSA) is 42.7 Å². The van der Waals surface area contributed by atoms with Gasteiger partial charge in [0.15, 0.2) is 0 Å². The predicted molar refractivity (Wildman–Crippen MR) is 67.8 cm³/mol. The van der Waals surface area contributed by atoms with E-state index in [4.69, 9.17) is 0 Å². The fraction of sp³-hybridized carbons (Fsp3) is 0.385. The summed E-state index contributed by atoms with van der Waals surface area (Å²) in [5, 5.41) is 7.60. The lowest BCUT2D eigenvalue weighted by atomic mass is 10.0. The van der Waals surface area contributed by atoms with Crippen LogP contribution in [0.4, 0.5) is 0 Å². The van der Waals surface area contributed by atoms with Crippen LogP contribution in [0.5, 0.6) is 0 Å². The molecule has 4 heteroatoms. The van der Waals surface area contributed by atoms with Crippen molar-refractivity contribution in [3.63, 3.8) is 0 Å². The maximum atomic E-state index is 4.34. The Labute approximate surface area is 102 Å². The normalized spacial score (nSPS) is 12.7. The van der Waals surface area contributed by atoms with Crippen molar-refractivity contribution in [2.24, 2.45) is 7.05 Å². The molecule has 0 bridgehead atoms. The first-order valence-electron chi connectivity index (χ1n) is 5.71. The Morgan fingerprint density at radius 2 is 2.00 bits per heavy atom. The van der Waals surface area contributed by atoms with Crippen molar-refractivity contribution < 1.29 is 0 Å². The summed E-state index contributed by atoms with van der Waals surface area (Å²) in [5.41, 5.74) is 4.56. The van der Waals surface area contributed by atoms with Crippen molar-refractivity contribution in [1.82, 2.24) is 20.1 Å². The zero-order chi connectivity index (χ0) is 12.4. The van der Waals surface area contributed by atoms with Gasteiger partial charge in [0, 0.05) is 30.2 Å². The third-order valence-corrected chi connectivity index (χ3v) is 3.14. The van der Waals surface area contributed by atoms with Crippen LogP contribution >= 0.6 is 0 Å². The molecule has 0 amide bonds. The lowest BCUT2D eigenvalue weighted by Gasteiger charge is -2.16. The Morgan fingerprint density at radius 3 is 2.47 bits per heavy atom. The van der Waals surface area contributed by atoms with Gasteiger partial charge in [0.2, 0.25) is 0 Å². The van der Waals surface area contributed by atoms with E-state index in [0.717, 1.165) is 11.3 Å². The highest BCUT2D eigenvalue weighted by molar-refractivity contribution is 5.31. The van der Waals surface area contributed by atoms with Crippen LogP contribution in [-0.4, -0.2) is 21.8 Å². The van der Waals surface area contributed by atoms with Crippen LogP contribution in [0.3, 0.4) is 0 Å². The fourth-order valence-electron chi connectivity index (χ4n) is 1.95. The van der Waals surface area contributed by atoms with Gasteiger partial charge in [-0.25, -0.2) is 0 Å². The van der Waals surface area contributed by atoms with Crippen LogP contribution in [0.25, 0.3) is 0 Å². The number of hydrogen-bond acceptors (Lipinski definition) is 3. The average Bonchev–Trinajstić information content (AvgIpc) is 2.65. The first-order chi connectivity index (χ1) is 8.13. The third kappa shape index (κ3) is 2.22. The maximum absolute atomic E-state index is 4.34. The minimum Gasteiger partial charge on any atom is -0.309 e. The summed E-state index contributed by atoms with van der Waals surface area (Å²) in [6.07, 6.45) is 3.83. The molecule has 0 saturated carbocycles. The summed E-state index contributed by atoms with van der Waals surface area (Å²) in [6, 6.07) is 4.29. The zero-order valence-corrected chi connectivity index (χ0v) is 10.7. The molecule has 2 aromatic rings. The molecule has 0 aliphatic rings. The van der Waals surface area contributed by atoms with Gasteiger partial charge in [-0.2, -0.15) is 5.10 Å². The Bertz CT molecular complexity index is 499. The summed E-state index contributed by atoms with van der Waals surface area (Å²) >= 11 is 0. The molecule has 1 unspecified atom stereocenters. The standard InChI is InChI=1S/C13H18N4/c1-9-5-6-11(7-15-9)13(14-3)12-8-16-17(4)10(12)2/h5-8,13-14H,1-4H3. The molecule has 0 fully saturated rings. The predicted octanol–water partition coefficient (Wildman–Crippen LogP) is 1.74. The van der Waals surface area contributed by atoms with Crippen molar-refractivity contribution in [1.29, 1.82) is 0 Å². The summed E-state index contributed by atoms with van der Waals surface area (Å²) in [6.45, 7) is 4.07. The maximum Gasteiger partial charge on any atom is 0.0623 e. The van der Waals surface area contributed by atoms with Crippen LogP contribution in [-0.2, 0) is 7.05 Å². The van der Waals surface area contributed by atoms with Gasteiger partial charge < -0.3 is 5.32 Å². The molecule has 1 atom stereocenters. The van der Waals surface area contributed by atoms with E-state index >= 15 is 0 Å². The minimum atomic E-state index is 0.150. The molecular weight excluding hydrogens is 212 g/mol. The fourth-order valence-corrected chi connectivity index (χ4v) is 1.95. The third-order valence-electron chi connectivity index (χ3n) is 3.14. The number of hydrogen-bond donors (Lipinski definition) is 1. The monoisotopic (exact) mass is 230 g/mol. The summed E-state index contributed by atoms with van der Waals surface area (Å²) < 4.78 is 1.89. The average molecular weight is 230 g/mol. The first kappa shape index (κ1) is 11.8. The highest BCUT2D eigenvalue weighted by Gasteiger charge is 2.16. The summed E-state index contributed by atoms with van der Waals surface area (Å²) in [5.74, 6) is 0. The number of aromatic nitrogens is 3. The SMILES string of the molecule is CNC(c1ccc(C)nc1)c1cnn(C)c1C. The van der Waals surface area contributed by atoms with E-state index in [9.17, 15) is 0 Å². The molecule has 2 rings (SSSR count). The van der Waals surface area contributed by atoms with E-state index in [2.05, 4.69) is 28.4 Å². The minimum absolute atomic E-state index is 0.150. The van der Waals surface area contributed by atoms with Crippen molar-refractivity contribution in [2.45, 2.75) is 19.9 Å². The Balaban J connectivity index is 2.40. The summed E-state index contributed by atoms with van der Waals surface area (Å²) in [4.78, 5) is 4.34. The highest BCUT2D eigenvalue weighted by atomic mass is 15.3. The van der Waals surface area contributed by atoms with E-state index in [1.54, 1.807) is 0 Å². The number of nitrogens with zero attached hydrogens (tertiary/aromatic N) is 3. The molecule has 0 spiro atoms. The zero-order valence-electron chi connectivity index (χ0n) is 10.7. The summed E-state index contributed by atoms with van der Waals surface area (Å²) in [7, 11) is 3.91. The second-order valence-electron chi connectivity index (χ2n) is 4.26. The van der Waals surface area contributed by atoms with Crippen molar-refractivity contribution in [3.8, 4) is 0 Å². The second kappa shape index (κ2) is 4.67. The van der Waals surface area contributed by atoms with Gasteiger partial charge in [-0.3, -0.25) is 9.67 Å². The van der Waals surface area contributed by atoms with Crippen molar-refractivity contribution in [2.75, 3.05) is 7.05 Å². The Kier molecular flexibility index (Phi) is 3.24. The van der Waals surface area contributed by atoms with Crippen LogP contribution in [0, 0.1) is 13.8 Å². The highest BCUT2D eigenvalue weighted by Crippen LogP contribution is 2.23. The van der Waals surface area contributed by atoms with E-state index in [-0.39, 0.29) is 6.04 Å². The number of nitrogens with one attached hydrogen (secondary N) is 1. The van der Waals surface area contributed by atoms with Crippen LogP contribution in [0.15, 0.2) is 24.5 Å².